The third-order valence-corrected chi connectivity index (χ3v) is 4.80. The first-order valence-electron chi connectivity index (χ1n) is 8.40. The quantitative estimate of drug-likeness (QED) is 0.578. The summed E-state index contributed by atoms with van der Waals surface area (Å²) in [4.78, 5) is 8.32. The number of likely N-dealkylation sites (N-methyl/N-ethyl adjacent to an activating group) is 1. The van der Waals surface area contributed by atoms with Crippen LogP contribution in [0.25, 0.3) is 0 Å². The highest BCUT2D eigenvalue weighted by Gasteiger charge is 2.08. The zero-order valence-electron chi connectivity index (χ0n) is 15.4. The van der Waals surface area contributed by atoms with E-state index in [1.165, 1.54) is 4.88 Å². The zero-order chi connectivity index (χ0) is 18.1. The molecule has 1 aromatic heterocycles. The van der Waals surface area contributed by atoms with Gasteiger partial charge in [0, 0.05) is 36.6 Å². The largest absolute Gasteiger partial charge is 0.497 e. The van der Waals surface area contributed by atoms with Crippen molar-refractivity contribution in [2.75, 3.05) is 34.4 Å². The summed E-state index contributed by atoms with van der Waals surface area (Å²) < 4.78 is 10.7. The molecule has 0 unspecified atom stereocenters. The van der Waals surface area contributed by atoms with Gasteiger partial charge in [0.1, 0.15) is 11.5 Å². The second-order valence-electron chi connectivity index (χ2n) is 5.60. The molecule has 0 radical (unpaired) electrons. The van der Waals surface area contributed by atoms with Gasteiger partial charge in [-0.15, -0.1) is 11.3 Å². The van der Waals surface area contributed by atoms with Gasteiger partial charge in [0.15, 0.2) is 5.96 Å². The lowest BCUT2D eigenvalue weighted by Gasteiger charge is -2.22. The zero-order valence-corrected chi connectivity index (χ0v) is 16.2. The van der Waals surface area contributed by atoms with E-state index in [-0.39, 0.29) is 0 Å². The first-order valence-corrected chi connectivity index (χ1v) is 9.28. The molecule has 0 fully saturated rings. The number of hydrogen-bond acceptors (Lipinski definition) is 4. The number of methoxy groups -OCH3 is 2. The van der Waals surface area contributed by atoms with Crippen LogP contribution in [0.4, 0.5) is 0 Å². The van der Waals surface area contributed by atoms with Crippen molar-refractivity contribution in [1.82, 2.24) is 10.2 Å². The molecule has 0 saturated carbocycles. The second-order valence-corrected chi connectivity index (χ2v) is 6.63. The summed E-state index contributed by atoms with van der Waals surface area (Å²) in [7, 11) is 5.39. The topological polar surface area (TPSA) is 46.1 Å². The average Bonchev–Trinajstić information content (AvgIpc) is 3.16. The van der Waals surface area contributed by atoms with E-state index in [1.54, 1.807) is 25.6 Å². The Morgan fingerprint density at radius 2 is 2.08 bits per heavy atom. The highest BCUT2D eigenvalue weighted by molar-refractivity contribution is 7.09. The van der Waals surface area contributed by atoms with E-state index >= 15 is 0 Å². The second kappa shape index (κ2) is 9.93. The molecule has 5 nitrogen and oxygen atoms in total. The lowest BCUT2D eigenvalue weighted by Crippen LogP contribution is -2.39. The van der Waals surface area contributed by atoms with Gasteiger partial charge in [0.2, 0.25) is 0 Å². The van der Waals surface area contributed by atoms with Crippen molar-refractivity contribution in [3.63, 3.8) is 0 Å². The summed E-state index contributed by atoms with van der Waals surface area (Å²) in [6, 6.07) is 10.1. The van der Waals surface area contributed by atoms with E-state index in [2.05, 4.69) is 41.7 Å². The minimum Gasteiger partial charge on any atom is -0.497 e. The summed E-state index contributed by atoms with van der Waals surface area (Å²) in [5, 5.41) is 5.47. The number of aliphatic imine (C=N–C) groups is 1. The molecular formula is C19H27N3O2S. The summed E-state index contributed by atoms with van der Waals surface area (Å²) in [6.07, 6.45) is 1.02. The van der Waals surface area contributed by atoms with Crippen LogP contribution >= 0.6 is 11.3 Å². The van der Waals surface area contributed by atoms with E-state index in [0.717, 1.165) is 42.5 Å². The van der Waals surface area contributed by atoms with Gasteiger partial charge in [-0.2, -0.15) is 0 Å². The molecule has 0 spiro atoms. The first kappa shape index (κ1) is 19.1. The van der Waals surface area contributed by atoms with Crippen molar-refractivity contribution < 1.29 is 9.47 Å². The third kappa shape index (κ3) is 5.67. The van der Waals surface area contributed by atoms with Crippen molar-refractivity contribution in [2.45, 2.75) is 19.9 Å². The number of nitrogens with zero attached hydrogens (tertiary/aromatic N) is 2. The predicted octanol–water partition coefficient (Wildman–Crippen LogP) is 3.41. The number of benzene rings is 1. The summed E-state index contributed by atoms with van der Waals surface area (Å²) in [6.45, 7) is 4.39. The van der Waals surface area contributed by atoms with Gasteiger partial charge in [0.25, 0.3) is 0 Å². The fourth-order valence-electron chi connectivity index (χ4n) is 2.45. The molecule has 1 N–H and O–H groups in total. The van der Waals surface area contributed by atoms with Crippen LogP contribution in [-0.2, 0) is 13.0 Å². The highest BCUT2D eigenvalue weighted by atomic mass is 32.1. The van der Waals surface area contributed by atoms with Gasteiger partial charge >= 0.3 is 0 Å². The molecule has 6 heteroatoms. The molecule has 0 amide bonds. The molecule has 0 saturated heterocycles. The van der Waals surface area contributed by atoms with Gasteiger partial charge in [-0.05, 0) is 36.9 Å². The van der Waals surface area contributed by atoms with Crippen LogP contribution in [0.15, 0.2) is 40.7 Å². The van der Waals surface area contributed by atoms with Crippen molar-refractivity contribution in [3.05, 3.63) is 46.2 Å². The lowest BCUT2D eigenvalue weighted by atomic mass is 10.2. The molecule has 0 bridgehead atoms. The van der Waals surface area contributed by atoms with Crippen LogP contribution < -0.4 is 14.8 Å². The van der Waals surface area contributed by atoms with E-state index < -0.39 is 0 Å². The Bertz CT molecular complexity index is 671. The number of rotatable bonds is 8. The molecule has 0 aliphatic rings. The molecule has 0 aliphatic heterocycles. The number of nitrogens with one attached hydrogen (secondary N) is 1. The van der Waals surface area contributed by atoms with Crippen LogP contribution in [-0.4, -0.2) is 45.2 Å². The van der Waals surface area contributed by atoms with Crippen LogP contribution in [0.2, 0.25) is 0 Å². The molecular weight excluding hydrogens is 334 g/mol. The summed E-state index contributed by atoms with van der Waals surface area (Å²) in [5.74, 6) is 2.47. The maximum absolute atomic E-state index is 5.46. The van der Waals surface area contributed by atoms with Crippen molar-refractivity contribution in [1.29, 1.82) is 0 Å². The van der Waals surface area contributed by atoms with E-state index in [0.29, 0.717) is 6.54 Å². The maximum atomic E-state index is 5.46. The van der Waals surface area contributed by atoms with E-state index in [9.17, 15) is 0 Å². The summed E-state index contributed by atoms with van der Waals surface area (Å²) >= 11 is 1.79. The number of guanidine groups is 1. The van der Waals surface area contributed by atoms with Gasteiger partial charge in [0.05, 0.1) is 20.8 Å². The monoisotopic (exact) mass is 361 g/mol. The van der Waals surface area contributed by atoms with Crippen LogP contribution in [0.5, 0.6) is 11.5 Å². The molecule has 0 atom stereocenters. The van der Waals surface area contributed by atoms with Gasteiger partial charge in [-0.3, -0.25) is 0 Å². The summed E-state index contributed by atoms with van der Waals surface area (Å²) in [5.41, 5.74) is 1.03. The van der Waals surface area contributed by atoms with Gasteiger partial charge < -0.3 is 19.7 Å². The molecule has 0 aliphatic carbocycles. The molecule has 2 aromatic rings. The van der Waals surface area contributed by atoms with Crippen molar-refractivity contribution in [3.8, 4) is 11.5 Å². The van der Waals surface area contributed by atoms with Gasteiger partial charge in [-0.25, -0.2) is 4.99 Å². The van der Waals surface area contributed by atoms with Crippen LogP contribution in [0.1, 0.15) is 17.4 Å². The Balaban J connectivity index is 2.05. The number of hydrogen-bond donors (Lipinski definition) is 1. The third-order valence-electron chi connectivity index (χ3n) is 3.86. The van der Waals surface area contributed by atoms with Crippen molar-refractivity contribution >= 4 is 17.3 Å². The fourth-order valence-corrected chi connectivity index (χ4v) is 3.15. The Hall–Kier alpha value is -2.21. The minimum atomic E-state index is 0.554. The predicted molar refractivity (Wildman–Crippen MR) is 105 cm³/mol. The Kier molecular flexibility index (Phi) is 7.60. The molecule has 1 aromatic carbocycles. The highest BCUT2D eigenvalue weighted by Crippen LogP contribution is 2.25. The Morgan fingerprint density at radius 1 is 1.24 bits per heavy atom. The Labute approximate surface area is 154 Å². The smallest absolute Gasteiger partial charge is 0.193 e. The maximum Gasteiger partial charge on any atom is 0.193 e. The van der Waals surface area contributed by atoms with Crippen LogP contribution in [0, 0.1) is 0 Å². The SMILES string of the molecule is CCNC(=NCc1ccc(OC)cc1OC)N(C)CCc1cccs1. The van der Waals surface area contributed by atoms with Gasteiger partial charge in [-0.1, -0.05) is 6.07 Å². The number of ether oxygens (including phenoxy) is 2. The normalized spacial score (nSPS) is 11.3. The Morgan fingerprint density at radius 3 is 2.72 bits per heavy atom. The molecule has 2 rings (SSSR count). The minimum absolute atomic E-state index is 0.554. The van der Waals surface area contributed by atoms with Crippen LogP contribution in [0.3, 0.4) is 0 Å². The standard InChI is InChI=1S/C19H27N3O2S/c1-5-20-19(22(2)11-10-17-7-6-12-25-17)21-14-15-8-9-16(23-3)13-18(15)24-4/h6-9,12-13H,5,10-11,14H2,1-4H3,(H,20,21). The molecule has 136 valence electrons. The molecule has 25 heavy (non-hydrogen) atoms. The van der Waals surface area contributed by atoms with E-state index in [1.807, 2.05) is 18.2 Å². The van der Waals surface area contributed by atoms with E-state index in [4.69, 9.17) is 14.5 Å². The number of thiophene rings is 1. The first-order chi connectivity index (χ1) is 12.2. The van der Waals surface area contributed by atoms with Crippen molar-refractivity contribution in [2.24, 2.45) is 4.99 Å². The average molecular weight is 362 g/mol. The lowest BCUT2D eigenvalue weighted by molar-refractivity contribution is 0.391. The fraction of sp³-hybridized carbons (Fsp3) is 0.421. The molecule has 1 heterocycles.